The highest BCUT2D eigenvalue weighted by Gasteiger charge is 2.12. The number of ether oxygens (including phenoxy) is 3. The summed E-state index contributed by atoms with van der Waals surface area (Å²) in [7, 11) is 0. The van der Waals surface area contributed by atoms with E-state index in [1.807, 2.05) is 54.6 Å². The van der Waals surface area contributed by atoms with Gasteiger partial charge in [0.1, 0.15) is 24.7 Å². The molecule has 0 aliphatic carbocycles. The highest BCUT2D eigenvalue weighted by molar-refractivity contribution is 5.86. The first-order valence-electron chi connectivity index (χ1n) is 9.21. The lowest BCUT2D eigenvalue weighted by atomic mass is 10.2. The number of aromatic nitrogens is 3. The molecule has 0 saturated carbocycles. The summed E-state index contributed by atoms with van der Waals surface area (Å²) < 4.78 is 17.9. The van der Waals surface area contributed by atoms with Gasteiger partial charge in [-0.15, -0.1) is 5.10 Å². The van der Waals surface area contributed by atoms with Crippen molar-refractivity contribution in [1.82, 2.24) is 15.0 Å². The van der Waals surface area contributed by atoms with Crippen molar-refractivity contribution in [2.75, 3.05) is 19.8 Å². The van der Waals surface area contributed by atoms with Gasteiger partial charge in [-0.2, -0.15) is 0 Å². The average molecular weight is 381 g/mol. The summed E-state index contributed by atoms with van der Waals surface area (Å²) in [6.07, 6.45) is 2.54. The van der Waals surface area contributed by atoms with Gasteiger partial charge in [0, 0.05) is 0 Å². The van der Waals surface area contributed by atoms with Crippen LogP contribution >= 0.6 is 0 Å². The molecule has 1 aromatic heterocycles. The average Bonchev–Trinajstić information content (AvgIpc) is 3.20. The fourth-order valence-electron chi connectivity index (χ4n) is 2.46. The summed E-state index contributed by atoms with van der Waals surface area (Å²) in [4.78, 5) is 12.1. The van der Waals surface area contributed by atoms with Crippen molar-refractivity contribution < 1.29 is 19.0 Å². The molecule has 0 N–H and O–H groups in total. The topological polar surface area (TPSA) is 75.5 Å². The second-order valence-corrected chi connectivity index (χ2v) is 6.09. The maximum absolute atomic E-state index is 12.1. The monoisotopic (exact) mass is 381 g/mol. The van der Waals surface area contributed by atoms with Crippen molar-refractivity contribution >= 4 is 5.97 Å². The first-order chi connectivity index (χ1) is 13.7. The van der Waals surface area contributed by atoms with Crippen LogP contribution in [0.5, 0.6) is 11.5 Å². The maximum atomic E-state index is 12.1. The van der Waals surface area contributed by atoms with Gasteiger partial charge in [0.2, 0.25) is 0 Å². The van der Waals surface area contributed by atoms with Gasteiger partial charge >= 0.3 is 5.97 Å². The van der Waals surface area contributed by atoms with Crippen LogP contribution in [0.15, 0.2) is 60.8 Å². The third kappa shape index (κ3) is 5.84. The third-order valence-corrected chi connectivity index (χ3v) is 3.82. The summed E-state index contributed by atoms with van der Waals surface area (Å²) >= 11 is 0. The minimum Gasteiger partial charge on any atom is -0.494 e. The number of rotatable bonds is 10. The second-order valence-electron chi connectivity index (χ2n) is 6.09. The first kappa shape index (κ1) is 19.4. The number of hydrogen-bond acceptors (Lipinski definition) is 6. The van der Waals surface area contributed by atoms with E-state index in [-0.39, 0.29) is 18.9 Å². The van der Waals surface area contributed by atoms with Gasteiger partial charge in [-0.25, -0.2) is 9.48 Å². The predicted molar refractivity (Wildman–Crippen MR) is 104 cm³/mol. The number of nitrogens with zero attached hydrogens (tertiary/aromatic N) is 3. The van der Waals surface area contributed by atoms with Crippen molar-refractivity contribution in [1.29, 1.82) is 0 Å². The summed E-state index contributed by atoms with van der Waals surface area (Å²) in [6, 6.07) is 17.2. The smallest absolute Gasteiger partial charge is 0.360 e. The van der Waals surface area contributed by atoms with Crippen LogP contribution in [0.1, 0.15) is 29.4 Å². The van der Waals surface area contributed by atoms with Crippen LogP contribution in [-0.4, -0.2) is 40.8 Å². The van der Waals surface area contributed by atoms with E-state index in [2.05, 4.69) is 17.2 Å². The summed E-state index contributed by atoms with van der Waals surface area (Å²) in [5.41, 5.74) is 1.25. The summed E-state index contributed by atoms with van der Waals surface area (Å²) in [5, 5.41) is 7.83. The molecular weight excluding hydrogens is 358 g/mol. The zero-order valence-electron chi connectivity index (χ0n) is 15.8. The molecule has 3 aromatic rings. The molecule has 0 bridgehead atoms. The van der Waals surface area contributed by atoms with E-state index in [4.69, 9.17) is 14.2 Å². The largest absolute Gasteiger partial charge is 0.494 e. The van der Waals surface area contributed by atoms with E-state index < -0.39 is 5.97 Å². The van der Waals surface area contributed by atoms with Gasteiger partial charge < -0.3 is 14.2 Å². The Kier molecular flexibility index (Phi) is 7.01. The number of carbonyl (C=O) groups excluding carboxylic acids is 1. The molecule has 28 heavy (non-hydrogen) atoms. The fourth-order valence-corrected chi connectivity index (χ4v) is 2.46. The van der Waals surface area contributed by atoms with E-state index in [9.17, 15) is 4.79 Å². The highest BCUT2D eigenvalue weighted by atomic mass is 16.6. The Morgan fingerprint density at radius 3 is 2.29 bits per heavy atom. The lowest BCUT2D eigenvalue weighted by Gasteiger charge is -2.08. The van der Waals surface area contributed by atoms with E-state index in [1.54, 1.807) is 10.9 Å². The van der Waals surface area contributed by atoms with Crippen molar-refractivity contribution in [2.45, 2.75) is 19.9 Å². The van der Waals surface area contributed by atoms with Crippen LogP contribution in [0.25, 0.3) is 0 Å². The Hall–Kier alpha value is -3.35. The van der Waals surface area contributed by atoms with E-state index in [0.717, 1.165) is 17.7 Å². The molecule has 1 heterocycles. The molecule has 3 rings (SSSR count). The van der Waals surface area contributed by atoms with Gasteiger partial charge in [0.15, 0.2) is 5.69 Å². The lowest BCUT2D eigenvalue weighted by Crippen LogP contribution is -2.12. The lowest BCUT2D eigenvalue weighted by molar-refractivity contribution is 0.0443. The van der Waals surface area contributed by atoms with E-state index >= 15 is 0 Å². The minimum absolute atomic E-state index is 0.123. The van der Waals surface area contributed by atoms with Gasteiger partial charge in [0.25, 0.3) is 0 Å². The zero-order chi connectivity index (χ0) is 19.6. The molecule has 0 amide bonds. The van der Waals surface area contributed by atoms with Crippen LogP contribution in [0, 0.1) is 0 Å². The fraction of sp³-hybridized carbons (Fsp3) is 0.286. The van der Waals surface area contributed by atoms with Gasteiger partial charge in [0.05, 0.1) is 19.3 Å². The standard InChI is InChI=1S/C21H23N3O4/c1-2-12-26-18-8-10-19(11-9-18)27-13-14-28-21(25)20-16-24(23-22-20)15-17-6-4-3-5-7-17/h3-11,16H,2,12-15H2,1H3. The van der Waals surface area contributed by atoms with Crippen LogP contribution in [0.4, 0.5) is 0 Å². The van der Waals surface area contributed by atoms with Crippen LogP contribution in [0.3, 0.4) is 0 Å². The minimum atomic E-state index is -0.522. The molecule has 0 saturated heterocycles. The Balaban J connectivity index is 1.40. The summed E-state index contributed by atoms with van der Waals surface area (Å²) in [5.74, 6) is 0.971. The molecular formula is C21H23N3O4. The number of carbonyl (C=O) groups is 1. The molecule has 146 valence electrons. The number of esters is 1. The molecule has 7 nitrogen and oxygen atoms in total. The van der Waals surface area contributed by atoms with Crippen molar-refractivity contribution in [3.63, 3.8) is 0 Å². The second kappa shape index (κ2) is 10.1. The Morgan fingerprint density at radius 2 is 1.61 bits per heavy atom. The van der Waals surface area contributed by atoms with Crippen molar-refractivity contribution in [2.24, 2.45) is 0 Å². The molecule has 0 fully saturated rings. The molecule has 2 aromatic carbocycles. The molecule has 0 aliphatic heterocycles. The summed E-state index contributed by atoms with van der Waals surface area (Å²) in [6.45, 7) is 3.66. The molecule has 0 aliphatic rings. The van der Waals surface area contributed by atoms with E-state index in [0.29, 0.717) is 18.9 Å². The van der Waals surface area contributed by atoms with Crippen molar-refractivity contribution in [3.8, 4) is 11.5 Å². The van der Waals surface area contributed by atoms with Crippen LogP contribution in [0.2, 0.25) is 0 Å². The van der Waals surface area contributed by atoms with Crippen LogP contribution in [-0.2, 0) is 11.3 Å². The highest BCUT2D eigenvalue weighted by Crippen LogP contribution is 2.17. The third-order valence-electron chi connectivity index (χ3n) is 3.82. The van der Waals surface area contributed by atoms with Crippen molar-refractivity contribution in [3.05, 3.63) is 72.1 Å². The van der Waals surface area contributed by atoms with Gasteiger partial charge in [-0.1, -0.05) is 42.5 Å². The quantitative estimate of drug-likeness (QED) is 0.396. The molecule has 0 unspecified atom stereocenters. The maximum Gasteiger partial charge on any atom is 0.360 e. The van der Waals surface area contributed by atoms with Crippen LogP contribution < -0.4 is 9.47 Å². The van der Waals surface area contributed by atoms with Gasteiger partial charge in [-0.3, -0.25) is 0 Å². The predicted octanol–water partition coefficient (Wildman–Crippen LogP) is 3.35. The SMILES string of the molecule is CCCOc1ccc(OCCOC(=O)c2cn(Cc3ccccc3)nn2)cc1. The van der Waals surface area contributed by atoms with Gasteiger partial charge in [-0.05, 0) is 36.2 Å². The molecule has 0 spiro atoms. The molecule has 7 heteroatoms. The van der Waals surface area contributed by atoms with E-state index in [1.165, 1.54) is 0 Å². The number of hydrogen-bond donors (Lipinski definition) is 0. The Labute approximate surface area is 163 Å². The molecule has 0 radical (unpaired) electrons. The first-order valence-corrected chi connectivity index (χ1v) is 9.21. The Morgan fingerprint density at radius 1 is 0.929 bits per heavy atom. The normalized spacial score (nSPS) is 10.5. The number of benzene rings is 2. The molecule has 0 atom stereocenters. The Bertz CT molecular complexity index is 863. The zero-order valence-corrected chi connectivity index (χ0v) is 15.8.